The first-order valence-electron chi connectivity index (χ1n) is 12.5. The van der Waals surface area contributed by atoms with Crippen molar-refractivity contribution in [3.05, 3.63) is 59.7 Å². The molecule has 4 atom stereocenters. The minimum Gasteiger partial charge on any atom is -0.480 e. The second-order valence-electron chi connectivity index (χ2n) is 9.85. The summed E-state index contributed by atoms with van der Waals surface area (Å²) in [5.41, 5.74) is 4.51. The fourth-order valence-electron chi connectivity index (χ4n) is 5.27. The topological polar surface area (TPSA) is 95.9 Å². The van der Waals surface area contributed by atoms with Crippen molar-refractivity contribution in [2.24, 2.45) is 11.8 Å². The van der Waals surface area contributed by atoms with Crippen LogP contribution < -0.4 is 5.32 Å². The third-order valence-electron chi connectivity index (χ3n) is 7.53. The summed E-state index contributed by atoms with van der Waals surface area (Å²) in [6, 6.07) is 14.5. The number of likely N-dealkylation sites (tertiary alicyclic amines) is 1. The molecule has 7 heteroatoms. The molecule has 0 saturated carbocycles. The van der Waals surface area contributed by atoms with Crippen LogP contribution in [0.3, 0.4) is 0 Å². The standard InChI is InChI=1S/C28H34N2O5/c1-4-18(3)25(26(31)30-14-13-17(2)15-24(30)27(32)33)29-28(34)35-16-23-21-11-7-5-9-19(21)20-10-6-8-12-22(20)23/h5-12,17-18,23-25H,4,13-16H2,1-3H3,(H,29,34)(H,32,33)/t17?,18?,24?,25-/m0/s1. The van der Waals surface area contributed by atoms with Gasteiger partial charge in [-0.15, -0.1) is 0 Å². The van der Waals surface area contributed by atoms with Crippen molar-refractivity contribution in [1.29, 1.82) is 0 Å². The van der Waals surface area contributed by atoms with Gasteiger partial charge in [-0.2, -0.15) is 0 Å². The number of fused-ring (bicyclic) bond motifs is 3. The van der Waals surface area contributed by atoms with Gasteiger partial charge < -0.3 is 20.1 Å². The number of rotatable bonds is 7. The lowest BCUT2D eigenvalue weighted by Gasteiger charge is -2.39. The van der Waals surface area contributed by atoms with E-state index in [9.17, 15) is 19.5 Å². The van der Waals surface area contributed by atoms with E-state index in [1.54, 1.807) is 0 Å². The monoisotopic (exact) mass is 478 g/mol. The number of carbonyl (C=O) groups excluding carboxylic acids is 2. The Morgan fingerprint density at radius 3 is 2.26 bits per heavy atom. The highest BCUT2D eigenvalue weighted by molar-refractivity contribution is 5.90. The number of nitrogens with zero attached hydrogens (tertiary/aromatic N) is 1. The zero-order valence-corrected chi connectivity index (χ0v) is 20.6. The lowest BCUT2D eigenvalue weighted by atomic mass is 9.90. The van der Waals surface area contributed by atoms with Crippen molar-refractivity contribution in [3.63, 3.8) is 0 Å². The maximum Gasteiger partial charge on any atom is 0.407 e. The third kappa shape index (κ3) is 5.04. The molecule has 3 unspecified atom stereocenters. The zero-order valence-electron chi connectivity index (χ0n) is 20.6. The van der Waals surface area contributed by atoms with E-state index < -0.39 is 24.1 Å². The zero-order chi connectivity index (χ0) is 25.1. The summed E-state index contributed by atoms with van der Waals surface area (Å²) >= 11 is 0. The van der Waals surface area contributed by atoms with Crippen molar-refractivity contribution in [2.75, 3.05) is 13.2 Å². The molecular formula is C28H34N2O5. The fraction of sp³-hybridized carbons (Fsp3) is 0.464. The van der Waals surface area contributed by atoms with Gasteiger partial charge >= 0.3 is 12.1 Å². The first-order chi connectivity index (χ1) is 16.8. The maximum absolute atomic E-state index is 13.4. The number of benzene rings is 2. The van der Waals surface area contributed by atoms with Gasteiger partial charge in [-0.05, 0) is 46.9 Å². The van der Waals surface area contributed by atoms with Crippen LogP contribution in [0.5, 0.6) is 0 Å². The van der Waals surface area contributed by atoms with Crippen LogP contribution in [0, 0.1) is 11.8 Å². The summed E-state index contributed by atoms with van der Waals surface area (Å²) in [5.74, 6) is -1.37. The van der Waals surface area contributed by atoms with Gasteiger partial charge in [0.1, 0.15) is 18.7 Å². The van der Waals surface area contributed by atoms with Crippen LogP contribution in [0.2, 0.25) is 0 Å². The Morgan fingerprint density at radius 1 is 1.09 bits per heavy atom. The molecule has 2 amide bonds. The highest BCUT2D eigenvalue weighted by atomic mass is 16.5. The van der Waals surface area contributed by atoms with Gasteiger partial charge in [0, 0.05) is 12.5 Å². The van der Waals surface area contributed by atoms with Crippen molar-refractivity contribution < 1.29 is 24.2 Å². The summed E-state index contributed by atoms with van der Waals surface area (Å²) < 4.78 is 5.66. The number of carboxylic acids is 1. The smallest absolute Gasteiger partial charge is 0.407 e. The summed E-state index contributed by atoms with van der Waals surface area (Å²) in [5, 5.41) is 12.5. The van der Waals surface area contributed by atoms with Gasteiger partial charge in [-0.25, -0.2) is 9.59 Å². The van der Waals surface area contributed by atoms with Crippen molar-refractivity contribution in [2.45, 2.75) is 58.0 Å². The molecule has 2 aliphatic rings. The van der Waals surface area contributed by atoms with Crippen LogP contribution >= 0.6 is 0 Å². The Kier molecular flexibility index (Phi) is 7.43. The number of carboxylic acid groups (broad SMARTS) is 1. The number of nitrogens with one attached hydrogen (secondary N) is 1. The van der Waals surface area contributed by atoms with Crippen LogP contribution in [0.1, 0.15) is 57.1 Å². The van der Waals surface area contributed by atoms with Gasteiger partial charge in [0.25, 0.3) is 0 Å². The van der Waals surface area contributed by atoms with E-state index in [1.807, 2.05) is 45.0 Å². The molecule has 2 N–H and O–H groups in total. The Morgan fingerprint density at radius 2 is 1.69 bits per heavy atom. The molecule has 1 aliphatic carbocycles. The highest BCUT2D eigenvalue weighted by Crippen LogP contribution is 2.44. The number of amides is 2. The molecule has 1 fully saturated rings. The average molecular weight is 479 g/mol. The summed E-state index contributed by atoms with van der Waals surface area (Å²) in [6.45, 7) is 6.35. The summed E-state index contributed by atoms with van der Waals surface area (Å²) in [7, 11) is 0. The first-order valence-corrected chi connectivity index (χ1v) is 12.5. The van der Waals surface area contributed by atoms with Crippen LogP contribution in [-0.4, -0.2) is 53.2 Å². The Hall–Kier alpha value is -3.35. The third-order valence-corrected chi connectivity index (χ3v) is 7.53. The molecule has 4 rings (SSSR count). The minimum atomic E-state index is -1.01. The number of piperidine rings is 1. The van der Waals surface area contributed by atoms with Gasteiger partial charge in [0.15, 0.2) is 0 Å². The number of aliphatic carboxylic acids is 1. The van der Waals surface area contributed by atoms with Gasteiger partial charge in [0.05, 0.1) is 0 Å². The number of ether oxygens (including phenoxy) is 1. The molecule has 1 heterocycles. The predicted octanol–water partition coefficient (Wildman–Crippen LogP) is 4.65. The number of hydrogen-bond acceptors (Lipinski definition) is 4. The average Bonchev–Trinajstić information content (AvgIpc) is 3.18. The van der Waals surface area contributed by atoms with E-state index in [0.29, 0.717) is 19.4 Å². The lowest BCUT2D eigenvalue weighted by Crippen LogP contribution is -2.58. The first kappa shape index (κ1) is 24.8. The lowest BCUT2D eigenvalue weighted by molar-refractivity contribution is -0.154. The van der Waals surface area contributed by atoms with Crippen molar-refractivity contribution >= 4 is 18.0 Å². The fourth-order valence-corrected chi connectivity index (χ4v) is 5.27. The van der Waals surface area contributed by atoms with E-state index in [4.69, 9.17) is 4.74 Å². The van der Waals surface area contributed by atoms with Crippen LogP contribution in [0.4, 0.5) is 4.79 Å². The number of hydrogen-bond donors (Lipinski definition) is 2. The SMILES string of the molecule is CCC(C)[C@H](NC(=O)OCC1c2ccccc2-c2ccccc21)C(=O)N1CCC(C)CC1C(=O)O. The summed E-state index contributed by atoms with van der Waals surface area (Å²) in [4.78, 5) is 39.6. The molecule has 2 aromatic carbocycles. The van der Waals surface area contributed by atoms with E-state index in [2.05, 4.69) is 29.6 Å². The normalized spacial score (nSPS) is 20.9. The molecule has 0 aromatic heterocycles. The number of alkyl carbamates (subject to hydrolysis) is 1. The van der Waals surface area contributed by atoms with Gasteiger partial charge in [0.2, 0.25) is 5.91 Å². The van der Waals surface area contributed by atoms with Crippen molar-refractivity contribution in [1.82, 2.24) is 10.2 Å². The Labute approximate surface area is 206 Å². The van der Waals surface area contributed by atoms with E-state index in [1.165, 1.54) is 4.90 Å². The molecule has 7 nitrogen and oxygen atoms in total. The Balaban J connectivity index is 1.46. The highest BCUT2D eigenvalue weighted by Gasteiger charge is 2.39. The van der Waals surface area contributed by atoms with Gasteiger partial charge in [-0.3, -0.25) is 4.79 Å². The molecule has 186 valence electrons. The largest absolute Gasteiger partial charge is 0.480 e. The van der Waals surface area contributed by atoms with E-state index in [0.717, 1.165) is 28.7 Å². The second-order valence-corrected chi connectivity index (χ2v) is 9.85. The summed E-state index contributed by atoms with van der Waals surface area (Å²) in [6.07, 6.45) is 1.15. The number of carbonyl (C=O) groups is 3. The van der Waals surface area contributed by atoms with E-state index in [-0.39, 0.29) is 30.3 Å². The van der Waals surface area contributed by atoms with Gasteiger partial charge in [-0.1, -0.05) is 75.7 Å². The van der Waals surface area contributed by atoms with Crippen LogP contribution in [0.15, 0.2) is 48.5 Å². The molecular weight excluding hydrogens is 444 g/mol. The quantitative estimate of drug-likeness (QED) is 0.604. The molecule has 0 spiro atoms. The molecule has 0 radical (unpaired) electrons. The second kappa shape index (κ2) is 10.5. The molecule has 0 bridgehead atoms. The van der Waals surface area contributed by atoms with Crippen molar-refractivity contribution in [3.8, 4) is 11.1 Å². The maximum atomic E-state index is 13.4. The van der Waals surface area contributed by atoms with Crippen LogP contribution in [0.25, 0.3) is 11.1 Å². The van der Waals surface area contributed by atoms with Crippen LogP contribution in [-0.2, 0) is 14.3 Å². The molecule has 35 heavy (non-hydrogen) atoms. The molecule has 1 aliphatic heterocycles. The molecule has 2 aromatic rings. The Bertz CT molecular complexity index is 1050. The van der Waals surface area contributed by atoms with E-state index >= 15 is 0 Å². The predicted molar refractivity (Wildman–Crippen MR) is 133 cm³/mol. The molecule has 1 saturated heterocycles. The minimum absolute atomic E-state index is 0.0779.